The van der Waals surface area contributed by atoms with E-state index in [9.17, 15) is 13.2 Å². The van der Waals surface area contributed by atoms with Crippen molar-refractivity contribution in [2.24, 2.45) is 0 Å². The molecule has 0 bridgehead atoms. The van der Waals surface area contributed by atoms with Gasteiger partial charge in [0.15, 0.2) is 5.78 Å². The number of ketones is 1. The van der Waals surface area contributed by atoms with E-state index in [-0.39, 0.29) is 17.2 Å². The van der Waals surface area contributed by atoms with E-state index < -0.39 is 16.1 Å². The average molecular weight is 406 g/mol. The number of rotatable bonds is 5. The Morgan fingerprint density at radius 1 is 1.11 bits per heavy atom. The van der Waals surface area contributed by atoms with Gasteiger partial charge in [0.25, 0.3) is 0 Å². The minimum absolute atomic E-state index is 0.0387. The summed E-state index contributed by atoms with van der Waals surface area (Å²) in [7, 11) is -2.23. The van der Waals surface area contributed by atoms with Crippen molar-refractivity contribution in [2.45, 2.75) is 24.3 Å². The predicted octanol–water partition coefficient (Wildman–Crippen LogP) is 4.00. The zero-order chi connectivity index (χ0) is 19.6. The van der Waals surface area contributed by atoms with Crippen LogP contribution in [0.15, 0.2) is 65.1 Å². The normalized spacial score (nSPS) is 18.0. The molecule has 1 aliphatic rings. The molecule has 5 nitrogen and oxygen atoms in total. The molecule has 0 radical (unpaired) electrons. The van der Waals surface area contributed by atoms with Crippen LogP contribution in [0.4, 0.5) is 0 Å². The Hall–Kier alpha value is -2.15. The molecule has 142 valence electrons. The van der Waals surface area contributed by atoms with Gasteiger partial charge < -0.3 is 4.74 Å². The predicted molar refractivity (Wildman–Crippen MR) is 104 cm³/mol. The third-order valence-corrected chi connectivity index (χ3v) is 6.76. The Labute approximate surface area is 164 Å². The molecule has 0 saturated carbocycles. The van der Waals surface area contributed by atoms with Crippen LogP contribution in [0, 0.1) is 0 Å². The smallest absolute Gasteiger partial charge is 0.243 e. The van der Waals surface area contributed by atoms with Crippen LogP contribution >= 0.6 is 11.6 Å². The lowest BCUT2D eigenvalue weighted by Crippen LogP contribution is -2.39. The fraction of sp³-hybridized carbons (Fsp3) is 0.250. The number of benzene rings is 2. The number of carbonyl (C=O) groups is 1. The van der Waals surface area contributed by atoms with Crippen LogP contribution in [0.25, 0.3) is 0 Å². The average Bonchev–Trinajstić information content (AvgIpc) is 2.68. The monoisotopic (exact) mass is 405 g/mol. The van der Waals surface area contributed by atoms with Gasteiger partial charge in [-0.2, -0.15) is 4.31 Å². The van der Waals surface area contributed by atoms with Crippen molar-refractivity contribution in [3.8, 4) is 5.75 Å². The number of hydrogen-bond acceptors (Lipinski definition) is 4. The third-order valence-electron chi connectivity index (χ3n) is 4.63. The van der Waals surface area contributed by atoms with E-state index in [0.29, 0.717) is 22.8 Å². The number of Topliss-reactive ketones (excluding diaryl/α,β-unsaturated/α-hetero) is 1. The molecule has 0 amide bonds. The summed E-state index contributed by atoms with van der Waals surface area (Å²) in [6.45, 7) is 1.49. The second-order valence-corrected chi connectivity index (χ2v) is 8.64. The van der Waals surface area contributed by atoms with Gasteiger partial charge in [-0.05, 0) is 55.3 Å². The lowest BCUT2D eigenvalue weighted by Gasteiger charge is -2.34. The highest BCUT2D eigenvalue weighted by atomic mass is 35.5. The first-order valence-electron chi connectivity index (χ1n) is 8.44. The van der Waals surface area contributed by atoms with Crippen LogP contribution in [0.3, 0.4) is 0 Å². The van der Waals surface area contributed by atoms with Crippen molar-refractivity contribution in [1.82, 2.24) is 4.31 Å². The molecule has 0 aromatic heterocycles. The first kappa shape index (κ1) is 19.6. The summed E-state index contributed by atoms with van der Waals surface area (Å²) in [5, 5.41) is 0.462. The zero-order valence-corrected chi connectivity index (χ0v) is 16.6. The Kier molecular flexibility index (Phi) is 5.69. The standard InChI is InChI=1S/C20H20ClNO4S/c1-14(23)16-5-12-20(15-3-8-18(26-2)9-4-15)22(13-16)27(24,25)19-10-6-17(21)7-11-19/h3-11,20H,12-13H2,1-2H3. The number of nitrogens with zero attached hydrogens (tertiary/aromatic N) is 1. The summed E-state index contributed by atoms with van der Waals surface area (Å²) in [6.07, 6.45) is 2.25. The van der Waals surface area contributed by atoms with Gasteiger partial charge in [0.1, 0.15) is 5.75 Å². The number of sulfonamides is 1. The summed E-state index contributed by atoms with van der Waals surface area (Å²) < 4.78 is 33.1. The molecule has 2 aromatic carbocycles. The molecule has 1 atom stereocenters. The Balaban J connectivity index is 2.04. The maximum absolute atomic E-state index is 13.3. The first-order chi connectivity index (χ1) is 12.8. The second kappa shape index (κ2) is 7.84. The van der Waals surface area contributed by atoms with E-state index in [1.807, 2.05) is 18.2 Å². The molecule has 0 N–H and O–H groups in total. The van der Waals surface area contributed by atoms with E-state index in [1.165, 1.54) is 23.4 Å². The maximum Gasteiger partial charge on any atom is 0.243 e. The number of ether oxygens (including phenoxy) is 1. The quantitative estimate of drug-likeness (QED) is 0.754. The largest absolute Gasteiger partial charge is 0.497 e. The SMILES string of the molecule is COc1ccc(C2CC=C(C(C)=O)CN2S(=O)(=O)c2ccc(Cl)cc2)cc1. The molecule has 1 aliphatic heterocycles. The lowest BCUT2D eigenvalue weighted by molar-refractivity contribution is -0.113. The van der Waals surface area contributed by atoms with Crippen LogP contribution in [0.1, 0.15) is 24.9 Å². The van der Waals surface area contributed by atoms with Gasteiger partial charge in [-0.3, -0.25) is 4.79 Å². The van der Waals surface area contributed by atoms with Crippen LogP contribution in [-0.2, 0) is 14.8 Å². The van der Waals surface area contributed by atoms with E-state index in [4.69, 9.17) is 16.3 Å². The van der Waals surface area contributed by atoms with E-state index in [1.54, 1.807) is 31.4 Å². The van der Waals surface area contributed by atoms with Crippen molar-refractivity contribution < 1.29 is 17.9 Å². The van der Waals surface area contributed by atoms with Gasteiger partial charge in [0.05, 0.1) is 18.0 Å². The number of hydrogen-bond donors (Lipinski definition) is 0. The van der Waals surface area contributed by atoms with Gasteiger partial charge in [-0.1, -0.05) is 29.8 Å². The fourth-order valence-corrected chi connectivity index (χ4v) is 4.82. The maximum atomic E-state index is 13.3. The van der Waals surface area contributed by atoms with E-state index in [2.05, 4.69) is 0 Å². The Bertz CT molecular complexity index is 966. The molecule has 0 fully saturated rings. The van der Waals surface area contributed by atoms with Gasteiger partial charge in [-0.15, -0.1) is 0 Å². The Morgan fingerprint density at radius 2 is 1.74 bits per heavy atom. The van der Waals surface area contributed by atoms with Crippen molar-refractivity contribution in [3.05, 3.63) is 70.8 Å². The molecule has 27 heavy (non-hydrogen) atoms. The van der Waals surface area contributed by atoms with Crippen molar-refractivity contribution in [2.75, 3.05) is 13.7 Å². The highest BCUT2D eigenvalue weighted by Crippen LogP contribution is 2.36. The minimum Gasteiger partial charge on any atom is -0.497 e. The number of halogens is 1. The van der Waals surface area contributed by atoms with Crippen LogP contribution < -0.4 is 4.74 Å². The number of methoxy groups -OCH3 is 1. The van der Waals surface area contributed by atoms with Gasteiger partial charge in [0, 0.05) is 17.1 Å². The van der Waals surface area contributed by atoms with Gasteiger partial charge in [0.2, 0.25) is 10.0 Å². The zero-order valence-electron chi connectivity index (χ0n) is 15.1. The molecular weight excluding hydrogens is 386 g/mol. The summed E-state index contributed by atoms with van der Waals surface area (Å²) in [5.41, 5.74) is 1.34. The lowest BCUT2D eigenvalue weighted by atomic mass is 9.97. The molecule has 2 aromatic rings. The van der Waals surface area contributed by atoms with Crippen molar-refractivity contribution in [1.29, 1.82) is 0 Å². The molecule has 0 spiro atoms. The highest BCUT2D eigenvalue weighted by Gasteiger charge is 2.35. The van der Waals surface area contributed by atoms with Crippen molar-refractivity contribution in [3.63, 3.8) is 0 Å². The third kappa shape index (κ3) is 4.08. The summed E-state index contributed by atoms with van der Waals surface area (Å²) in [4.78, 5) is 12.0. The molecular formula is C20H20ClNO4S. The highest BCUT2D eigenvalue weighted by molar-refractivity contribution is 7.89. The van der Waals surface area contributed by atoms with Crippen LogP contribution in [-0.4, -0.2) is 32.2 Å². The molecule has 0 saturated heterocycles. The molecule has 1 heterocycles. The van der Waals surface area contributed by atoms with Gasteiger partial charge in [-0.25, -0.2) is 8.42 Å². The topological polar surface area (TPSA) is 63.7 Å². The van der Waals surface area contributed by atoms with E-state index in [0.717, 1.165) is 5.56 Å². The van der Waals surface area contributed by atoms with E-state index >= 15 is 0 Å². The fourth-order valence-electron chi connectivity index (χ4n) is 3.09. The van der Waals surface area contributed by atoms with Crippen molar-refractivity contribution >= 4 is 27.4 Å². The minimum atomic E-state index is -3.81. The van der Waals surface area contributed by atoms with Crippen LogP contribution in [0.2, 0.25) is 5.02 Å². The molecule has 3 rings (SSSR count). The second-order valence-electron chi connectivity index (χ2n) is 6.31. The summed E-state index contributed by atoms with van der Waals surface area (Å²) >= 11 is 5.89. The summed E-state index contributed by atoms with van der Waals surface area (Å²) in [6, 6.07) is 12.9. The number of carbonyl (C=O) groups excluding carboxylic acids is 1. The molecule has 1 unspecified atom stereocenters. The first-order valence-corrected chi connectivity index (χ1v) is 10.3. The Morgan fingerprint density at radius 3 is 2.30 bits per heavy atom. The molecule has 0 aliphatic carbocycles. The van der Waals surface area contributed by atoms with Crippen LogP contribution in [0.5, 0.6) is 5.75 Å². The van der Waals surface area contributed by atoms with Gasteiger partial charge >= 0.3 is 0 Å². The molecule has 7 heteroatoms. The summed E-state index contributed by atoms with van der Waals surface area (Å²) in [5.74, 6) is 0.570.